The molecule has 44 heavy (non-hydrogen) atoms. The van der Waals surface area contributed by atoms with Crippen LogP contribution in [-0.2, 0) is 32.6 Å². The molecule has 0 fully saturated rings. The Hall–Kier alpha value is -3.22. The normalized spacial score (nSPS) is 12.3. The maximum absolute atomic E-state index is 14.5. The SMILES string of the molecule is CC(C)(C)NC(=O)[C@H](Cc1ccccc1)N(Cc1ccc(Br)cc1)C(=O)CN(c1ccc(I)cc1)S(=O)(=O)c1ccccc1. The molecule has 2 amide bonds. The first kappa shape index (κ1) is 33.7. The van der Waals surface area contributed by atoms with Gasteiger partial charge in [0.25, 0.3) is 10.0 Å². The molecule has 1 atom stereocenters. The molecule has 0 saturated carbocycles. The lowest BCUT2D eigenvalue weighted by Gasteiger charge is -2.35. The van der Waals surface area contributed by atoms with Crippen molar-refractivity contribution in [1.82, 2.24) is 10.2 Å². The summed E-state index contributed by atoms with van der Waals surface area (Å²) in [4.78, 5) is 30.0. The number of sulfonamides is 1. The number of nitrogens with zero attached hydrogens (tertiary/aromatic N) is 2. The van der Waals surface area contributed by atoms with E-state index in [1.54, 1.807) is 42.5 Å². The number of hydrogen-bond acceptors (Lipinski definition) is 4. The highest BCUT2D eigenvalue weighted by Crippen LogP contribution is 2.26. The van der Waals surface area contributed by atoms with Gasteiger partial charge in [-0.15, -0.1) is 0 Å². The molecule has 4 aromatic rings. The summed E-state index contributed by atoms with van der Waals surface area (Å²) in [6.45, 7) is 5.26. The molecule has 0 aliphatic heterocycles. The van der Waals surface area contributed by atoms with E-state index in [4.69, 9.17) is 0 Å². The number of hydrogen-bond donors (Lipinski definition) is 1. The van der Waals surface area contributed by atoms with E-state index in [0.717, 1.165) is 23.5 Å². The highest BCUT2D eigenvalue weighted by molar-refractivity contribution is 14.1. The van der Waals surface area contributed by atoms with E-state index >= 15 is 0 Å². The van der Waals surface area contributed by atoms with Gasteiger partial charge in [0.2, 0.25) is 11.8 Å². The minimum absolute atomic E-state index is 0.0668. The predicted molar refractivity (Wildman–Crippen MR) is 187 cm³/mol. The molecule has 4 rings (SSSR count). The summed E-state index contributed by atoms with van der Waals surface area (Å²) in [7, 11) is -4.13. The molecule has 0 saturated heterocycles. The molecule has 7 nitrogen and oxygen atoms in total. The fourth-order valence-electron chi connectivity index (χ4n) is 4.65. The van der Waals surface area contributed by atoms with Gasteiger partial charge in [0.05, 0.1) is 10.6 Å². The van der Waals surface area contributed by atoms with Crippen molar-refractivity contribution in [3.63, 3.8) is 0 Å². The zero-order valence-electron chi connectivity index (χ0n) is 24.8. The van der Waals surface area contributed by atoms with Crippen LogP contribution in [0, 0.1) is 3.57 Å². The Morgan fingerprint density at radius 1 is 0.818 bits per heavy atom. The van der Waals surface area contributed by atoms with Gasteiger partial charge in [-0.1, -0.05) is 76.6 Å². The van der Waals surface area contributed by atoms with Crippen LogP contribution in [0.3, 0.4) is 0 Å². The zero-order valence-corrected chi connectivity index (χ0v) is 29.3. The lowest BCUT2D eigenvalue weighted by atomic mass is 10.0. The summed E-state index contributed by atoms with van der Waals surface area (Å²) in [6.07, 6.45) is 0.250. The van der Waals surface area contributed by atoms with Crippen LogP contribution in [0.1, 0.15) is 31.9 Å². The van der Waals surface area contributed by atoms with Crippen LogP contribution < -0.4 is 9.62 Å². The van der Waals surface area contributed by atoms with Gasteiger partial charge in [-0.05, 0) is 103 Å². The average Bonchev–Trinajstić information content (AvgIpc) is 2.99. The van der Waals surface area contributed by atoms with E-state index in [9.17, 15) is 18.0 Å². The Bertz CT molecular complexity index is 1660. The molecule has 230 valence electrons. The molecule has 10 heteroatoms. The number of rotatable bonds is 11. The van der Waals surface area contributed by atoms with Crippen molar-refractivity contribution in [2.24, 2.45) is 0 Å². The highest BCUT2D eigenvalue weighted by atomic mass is 127. The van der Waals surface area contributed by atoms with Gasteiger partial charge in [-0.3, -0.25) is 13.9 Å². The molecule has 0 heterocycles. The number of nitrogens with one attached hydrogen (secondary N) is 1. The maximum atomic E-state index is 14.5. The number of halogens is 2. The second kappa shape index (κ2) is 14.7. The van der Waals surface area contributed by atoms with Crippen molar-refractivity contribution in [2.75, 3.05) is 10.8 Å². The topological polar surface area (TPSA) is 86.8 Å². The maximum Gasteiger partial charge on any atom is 0.264 e. The first-order chi connectivity index (χ1) is 20.8. The molecule has 0 aliphatic rings. The van der Waals surface area contributed by atoms with Crippen molar-refractivity contribution >= 4 is 66.0 Å². The van der Waals surface area contributed by atoms with Gasteiger partial charge in [0.1, 0.15) is 12.6 Å². The fraction of sp³-hybridized carbons (Fsp3) is 0.235. The van der Waals surface area contributed by atoms with Gasteiger partial charge >= 0.3 is 0 Å². The summed E-state index contributed by atoms with van der Waals surface area (Å²) in [5.74, 6) is -0.825. The second-order valence-electron chi connectivity index (χ2n) is 11.4. The molecule has 0 radical (unpaired) electrons. The quantitative estimate of drug-likeness (QED) is 0.170. The van der Waals surface area contributed by atoms with Gasteiger partial charge in [-0.2, -0.15) is 0 Å². The molecule has 0 aliphatic carbocycles. The largest absolute Gasteiger partial charge is 0.350 e. The molecular formula is C34H35BrIN3O4S. The van der Waals surface area contributed by atoms with Crippen LogP contribution in [-0.4, -0.2) is 43.3 Å². The van der Waals surface area contributed by atoms with E-state index in [-0.39, 0.29) is 23.8 Å². The predicted octanol–water partition coefficient (Wildman–Crippen LogP) is 6.80. The summed E-state index contributed by atoms with van der Waals surface area (Å²) in [6, 6.07) is 31.1. The third-order valence-corrected chi connectivity index (χ3v) is 9.80. The first-order valence-corrected chi connectivity index (χ1v) is 17.4. The van der Waals surface area contributed by atoms with Gasteiger partial charge in [0.15, 0.2) is 0 Å². The number of benzene rings is 4. The van der Waals surface area contributed by atoms with Gasteiger partial charge < -0.3 is 10.2 Å². The van der Waals surface area contributed by atoms with Crippen molar-refractivity contribution in [3.05, 3.63) is 128 Å². The third-order valence-electron chi connectivity index (χ3n) is 6.76. The monoisotopic (exact) mass is 787 g/mol. The number of amides is 2. The lowest BCUT2D eigenvalue weighted by Crippen LogP contribution is -2.56. The van der Waals surface area contributed by atoms with E-state index in [1.165, 1.54) is 17.0 Å². The Morgan fingerprint density at radius 3 is 1.95 bits per heavy atom. The van der Waals surface area contributed by atoms with Crippen LogP contribution in [0.4, 0.5) is 5.69 Å². The van der Waals surface area contributed by atoms with Crippen molar-refractivity contribution < 1.29 is 18.0 Å². The van der Waals surface area contributed by atoms with E-state index in [2.05, 4.69) is 43.8 Å². The average molecular weight is 789 g/mol. The molecule has 4 aromatic carbocycles. The Kier molecular flexibility index (Phi) is 11.3. The van der Waals surface area contributed by atoms with E-state index < -0.39 is 34.1 Å². The molecule has 0 unspecified atom stereocenters. The minimum Gasteiger partial charge on any atom is -0.350 e. The summed E-state index contributed by atoms with van der Waals surface area (Å²) < 4.78 is 31.0. The first-order valence-electron chi connectivity index (χ1n) is 14.1. The van der Waals surface area contributed by atoms with Crippen molar-refractivity contribution in [3.8, 4) is 0 Å². The highest BCUT2D eigenvalue weighted by Gasteiger charge is 2.35. The Morgan fingerprint density at radius 2 is 1.39 bits per heavy atom. The van der Waals surface area contributed by atoms with E-state index in [0.29, 0.717) is 5.69 Å². The van der Waals surface area contributed by atoms with Gasteiger partial charge in [-0.25, -0.2) is 8.42 Å². The number of anilines is 1. The smallest absolute Gasteiger partial charge is 0.264 e. The van der Waals surface area contributed by atoms with Crippen LogP contribution in [0.2, 0.25) is 0 Å². The van der Waals surface area contributed by atoms with Gasteiger partial charge in [0, 0.05) is 26.5 Å². The number of carbonyl (C=O) groups excluding carboxylic acids is 2. The Balaban J connectivity index is 1.80. The summed E-state index contributed by atoms with van der Waals surface area (Å²) in [5, 5.41) is 3.04. The minimum atomic E-state index is -4.13. The number of carbonyl (C=O) groups is 2. The standard InChI is InChI=1S/C34H35BrIN3O4S/c1-34(2,3)37-33(41)31(22-25-10-6-4-7-11-25)38(23-26-14-16-27(35)17-15-26)32(40)24-39(29-20-18-28(36)19-21-29)44(42,43)30-12-8-5-9-13-30/h4-21,31H,22-24H2,1-3H3,(H,37,41)/t31-/m0/s1. The second-order valence-corrected chi connectivity index (χ2v) is 15.4. The van der Waals surface area contributed by atoms with E-state index in [1.807, 2.05) is 75.4 Å². The molecular weight excluding hydrogens is 753 g/mol. The lowest BCUT2D eigenvalue weighted by molar-refractivity contribution is -0.140. The molecule has 0 spiro atoms. The van der Waals surface area contributed by atoms with Crippen molar-refractivity contribution in [2.45, 2.75) is 50.2 Å². The molecule has 1 N–H and O–H groups in total. The summed E-state index contributed by atoms with van der Waals surface area (Å²) in [5.41, 5.74) is 1.48. The fourth-order valence-corrected chi connectivity index (χ4v) is 6.71. The molecule has 0 bridgehead atoms. The van der Waals surface area contributed by atoms with Crippen molar-refractivity contribution in [1.29, 1.82) is 0 Å². The van der Waals surface area contributed by atoms with Crippen LogP contribution in [0.5, 0.6) is 0 Å². The zero-order chi connectivity index (χ0) is 31.9. The van der Waals surface area contributed by atoms with Crippen LogP contribution in [0.15, 0.2) is 119 Å². The Labute approximate surface area is 282 Å². The molecule has 0 aromatic heterocycles. The summed E-state index contributed by atoms with van der Waals surface area (Å²) >= 11 is 5.61. The van der Waals surface area contributed by atoms with Crippen LogP contribution in [0.25, 0.3) is 0 Å². The van der Waals surface area contributed by atoms with Crippen LogP contribution >= 0.6 is 38.5 Å². The third kappa shape index (κ3) is 9.15.